The minimum atomic E-state index is 0.240. The maximum Gasteiger partial charge on any atom is 0.120 e. The van der Waals surface area contributed by atoms with Crippen molar-refractivity contribution >= 4 is 14.1 Å². The lowest BCUT2D eigenvalue weighted by molar-refractivity contribution is -0.108. The number of aldehydes is 1. The van der Waals surface area contributed by atoms with Gasteiger partial charge in [-0.25, -0.2) is 0 Å². The Hall–Kier alpha value is -0.525. The second-order valence-electron chi connectivity index (χ2n) is 4.75. The quantitative estimate of drug-likeness (QED) is 0.274. The van der Waals surface area contributed by atoms with Crippen LogP contribution in [-0.4, -0.2) is 14.1 Å². The Morgan fingerprint density at radius 2 is 2.38 bits per heavy atom. The smallest absolute Gasteiger partial charge is 0.120 e. The van der Waals surface area contributed by atoms with Crippen LogP contribution in [0.5, 0.6) is 0 Å². The van der Waals surface area contributed by atoms with Crippen LogP contribution in [0, 0.1) is 5.92 Å². The topological polar surface area (TPSA) is 17.1 Å². The first kappa shape index (κ1) is 10.6. The highest BCUT2D eigenvalue weighted by Crippen LogP contribution is 2.45. The van der Waals surface area contributed by atoms with E-state index in [0.717, 1.165) is 12.7 Å². The molecule has 0 N–H and O–H groups in total. The predicted molar refractivity (Wildman–Crippen MR) is 58.7 cm³/mol. The summed E-state index contributed by atoms with van der Waals surface area (Å²) in [5, 5.41) is 0.240. The largest absolute Gasteiger partial charge is 0.303 e. The number of hydrogen-bond donors (Lipinski definition) is 0. The molecule has 0 heterocycles. The van der Waals surface area contributed by atoms with Crippen molar-refractivity contribution in [2.24, 2.45) is 5.92 Å². The Bertz CT molecular complexity index is 208. The van der Waals surface area contributed by atoms with Gasteiger partial charge in [-0.3, -0.25) is 0 Å². The number of allylic oxidation sites excluding steroid dienone is 1. The fraction of sp³-hybridized carbons (Fsp3) is 0.727. The first-order valence-electron chi connectivity index (χ1n) is 5.21. The average Bonchev–Trinajstić information content (AvgIpc) is 2.18. The molecule has 13 heavy (non-hydrogen) atoms. The van der Waals surface area contributed by atoms with Crippen molar-refractivity contribution in [3.8, 4) is 0 Å². The molecule has 0 aliphatic heterocycles. The van der Waals surface area contributed by atoms with E-state index < -0.39 is 0 Å². The summed E-state index contributed by atoms with van der Waals surface area (Å²) >= 11 is 0. The maximum atomic E-state index is 10.5. The molecule has 2 heteroatoms. The summed E-state index contributed by atoms with van der Waals surface area (Å²) < 4.78 is 0. The summed E-state index contributed by atoms with van der Waals surface area (Å²) in [6.07, 6.45) is 6.62. The van der Waals surface area contributed by atoms with Gasteiger partial charge in [0, 0.05) is 6.42 Å². The Kier molecular flexibility index (Phi) is 3.35. The molecular weight excluding hydrogens is 159 g/mol. The van der Waals surface area contributed by atoms with Gasteiger partial charge in [-0.05, 0) is 17.7 Å². The highest BCUT2D eigenvalue weighted by molar-refractivity contribution is 6.17. The minimum Gasteiger partial charge on any atom is -0.303 e. The van der Waals surface area contributed by atoms with Gasteiger partial charge in [0.25, 0.3) is 0 Å². The van der Waals surface area contributed by atoms with E-state index in [2.05, 4.69) is 21.3 Å². The second-order valence-corrected chi connectivity index (χ2v) is 4.75. The molecule has 1 aliphatic carbocycles. The van der Waals surface area contributed by atoms with E-state index in [4.69, 9.17) is 0 Å². The molecule has 0 aromatic carbocycles. The van der Waals surface area contributed by atoms with Gasteiger partial charge in [-0.15, -0.1) is 0 Å². The number of hydrogen-bond acceptors (Lipinski definition) is 1. The van der Waals surface area contributed by atoms with Crippen molar-refractivity contribution in [2.75, 3.05) is 0 Å². The summed E-state index contributed by atoms with van der Waals surface area (Å²) in [4.78, 5) is 10.5. The van der Waals surface area contributed by atoms with Gasteiger partial charge in [0.15, 0.2) is 0 Å². The van der Waals surface area contributed by atoms with E-state index in [1.807, 2.05) is 0 Å². The zero-order valence-corrected chi connectivity index (χ0v) is 8.81. The Morgan fingerprint density at radius 3 is 3.00 bits per heavy atom. The summed E-state index contributed by atoms with van der Waals surface area (Å²) in [6.45, 7) is 6.42. The van der Waals surface area contributed by atoms with Crippen LogP contribution >= 0.6 is 0 Å². The maximum absolute atomic E-state index is 10.5. The SMILES string of the molecule is BC1(C)CCCCC(CC=O)C1=C. The summed E-state index contributed by atoms with van der Waals surface area (Å²) in [7, 11) is 2.25. The molecule has 0 bridgehead atoms. The summed E-state index contributed by atoms with van der Waals surface area (Å²) in [5.41, 5.74) is 1.29. The third kappa shape index (κ3) is 2.46. The predicted octanol–water partition coefficient (Wildman–Crippen LogP) is 2.13. The fourth-order valence-electron chi connectivity index (χ4n) is 2.22. The molecule has 2 unspecified atom stereocenters. The van der Waals surface area contributed by atoms with Gasteiger partial charge in [0.1, 0.15) is 14.1 Å². The molecule has 0 spiro atoms. The van der Waals surface area contributed by atoms with Gasteiger partial charge in [0.05, 0.1) is 0 Å². The lowest BCUT2D eigenvalue weighted by Gasteiger charge is -2.29. The zero-order chi connectivity index (χ0) is 9.90. The molecule has 1 aliphatic rings. The highest BCUT2D eigenvalue weighted by atomic mass is 16.1. The van der Waals surface area contributed by atoms with Crippen LogP contribution in [0.15, 0.2) is 12.2 Å². The van der Waals surface area contributed by atoms with Crippen LogP contribution in [0.2, 0.25) is 5.31 Å². The van der Waals surface area contributed by atoms with Crippen LogP contribution in [0.3, 0.4) is 0 Å². The Morgan fingerprint density at radius 1 is 1.69 bits per heavy atom. The molecule has 0 aromatic rings. The van der Waals surface area contributed by atoms with Crippen LogP contribution in [0.25, 0.3) is 0 Å². The van der Waals surface area contributed by atoms with Gasteiger partial charge in [-0.2, -0.15) is 0 Å². The van der Waals surface area contributed by atoms with Crippen LogP contribution in [0.1, 0.15) is 39.0 Å². The van der Waals surface area contributed by atoms with Crippen LogP contribution in [0.4, 0.5) is 0 Å². The van der Waals surface area contributed by atoms with Crippen molar-refractivity contribution < 1.29 is 4.79 Å². The molecular formula is C11H19BO. The molecule has 1 fully saturated rings. The average molecular weight is 178 g/mol. The number of carbonyl (C=O) groups excluding carboxylic acids is 1. The standard InChI is InChI=1S/C11H19BO/c1-9-10(6-8-13)5-3-4-7-11(9,2)12/h8,10H,1,3-7,12H2,2H3. The van der Waals surface area contributed by atoms with Crippen LogP contribution in [-0.2, 0) is 4.79 Å². The number of carbonyl (C=O) groups is 1. The fourth-order valence-corrected chi connectivity index (χ4v) is 2.22. The van der Waals surface area contributed by atoms with E-state index in [-0.39, 0.29) is 5.31 Å². The number of rotatable bonds is 2. The van der Waals surface area contributed by atoms with Crippen molar-refractivity contribution in [3.63, 3.8) is 0 Å². The molecule has 1 rings (SSSR count). The lowest BCUT2D eigenvalue weighted by Crippen LogP contribution is -2.15. The Labute approximate surface area is 82.0 Å². The van der Waals surface area contributed by atoms with E-state index in [1.54, 1.807) is 0 Å². The second kappa shape index (κ2) is 4.12. The van der Waals surface area contributed by atoms with Crippen molar-refractivity contribution in [2.45, 2.75) is 44.3 Å². The summed E-state index contributed by atoms with van der Waals surface area (Å²) in [6, 6.07) is 0. The molecule has 72 valence electrons. The third-order valence-corrected chi connectivity index (χ3v) is 3.35. The highest BCUT2D eigenvalue weighted by Gasteiger charge is 2.29. The molecule has 0 saturated heterocycles. The molecule has 2 atom stereocenters. The Balaban J connectivity index is 2.73. The summed E-state index contributed by atoms with van der Waals surface area (Å²) in [5.74, 6) is 0.440. The van der Waals surface area contributed by atoms with E-state index in [0.29, 0.717) is 12.3 Å². The first-order chi connectivity index (χ1) is 6.08. The van der Waals surface area contributed by atoms with Gasteiger partial charge < -0.3 is 4.79 Å². The zero-order valence-electron chi connectivity index (χ0n) is 8.81. The van der Waals surface area contributed by atoms with Crippen LogP contribution < -0.4 is 0 Å². The van der Waals surface area contributed by atoms with Crippen molar-refractivity contribution in [1.29, 1.82) is 0 Å². The lowest BCUT2D eigenvalue weighted by atomic mass is 9.61. The van der Waals surface area contributed by atoms with Crippen molar-refractivity contribution in [3.05, 3.63) is 12.2 Å². The van der Waals surface area contributed by atoms with Gasteiger partial charge in [0.2, 0.25) is 0 Å². The molecule has 0 radical (unpaired) electrons. The van der Waals surface area contributed by atoms with Crippen molar-refractivity contribution in [1.82, 2.24) is 0 Å². The molecule has 0 amide bonds. The minimum absolute atomic E-state index is 0.240. The molecule has 1 saturated carbocycles. The van der Waals surface area contributed by atoms with E-state index in [1.165, 1.54) is 24.8 Å². The normalized spacial score (nSPS) is 35.5. The van der Waals surface area contributed by atoms with Gasteiger partial charge >= 0.3 is 0 Å². The first-order valence-corrected chi connectivity index (χ1v) is 5.21. The monoisotopic (exact) mass is 178 g/mol. The van der Waals surface area contributed by atoms with E-state index >= 15 is 0 Å². The molecule has 1 nitrogen and oxygen atoms in total. The van der Waals surface area contributed by atoms with Gasteiger partial charge in [-0.1, -0.05) is 38.3 Å². The molecule has 0 aromatic heterocycles. The van der Waals surface area contributed by atoms with E-state index in [9.17, 15) is 4.79 Å². The third-order valence-electron chi connectivity index (χ3n) is 3.35.